The average Bonchev–Trinajstić information content (AvgIpc) is 3.08. The quantitative estimate of drug-likeness (QED) is 0.307. The van der Waals surface area contributed by atoms with Crippen LogP contribution in [0.15, 0.2) is 67.7 Å². The molecule has 2 heterocycles. The first kappa shape index (κ1) is 19.6. The molecule has 4 aromatic rings. The summed E-state index contributed by atoms with van der Waals surface area (Å²) in [5, 5.41) is 14.1. The standard InChI is InChI=1S/C20H17BrN6O3/c1-26-17-16(18(29)24-20(26)30)27(11-12-5-3-2-4-6-12)19(23-17)25-22-10-13-9-14(21)7-8-15(13)28/h2-10,28H,11H2,1H3,(H,23,25)(H,24,29,30). The number of nitrogens with one attached hydrogen (secondary N) is 2. The summed E-state index contributed by atoms with van der Waals surface area (Å²) in [6.07, 6.45) is 1.44. The Balaban J connectivity index is 1.79. The fourth-order valence-corrected chi connectivity index (χ4v) is 3.41. The highest BCUT2D eigenvalue weighted by Crippen LogP contribution is 2.21. The van der Waals surface area contributed by atoms with E-state index >= 15 is 0 Å². The van der Waals surface area contributed by atoms with E-state index in [-0.39, 0.29) is 22.9 Å². The van der Waals surface area contributed by atoms with Crippen molar-refractivity contribution in [1.82, 2.24) is 19.1 Å². The Morgan fingerprint density at radius 1 is 1.23 bits per heavy atom. The highest BCUT2D eigenvalue weighted by molar-refractivity contribution is 9.10. The predicted octanol–water partition coefficient (Wildman–Crippen LogP) is 2.39. The maximum Gasteiger partial charge on any atom is 0.329 e. The monoisotopic (exact) mass is 468 g/mol. The number of benzene rings is 2. The number of H-pyrrole nitrogens is 1. The topological polar surface area (TPSA) is 117 Å². The molecular formula is C20H17BrN6O3. The van der Waals surface area contributed by atoms with Crippen LogP contribution in [0.4, 0.5) is 5.95 Å². The number of halogens is 1. The molecule has 0 fully saturated rings. The molecule has 0 aliphatic rings. The number of nitrogens with zero attached hydrogens (tertiary/aromatic N) is 4. The minimum absolute atomic E-state index is 0.0698. The molecule has 152 valence electrons. The molecule has 9 nitrogen and oxygen atoms in total. The first-order chi connectivity index (χ1) is 14.4. The molecule has 30 heavy (non-hydrogen) atoms. The van der Waals surface area contributed by atoms with E-state index in [1.54, 1.807) is 22.8 Å². The lowest BCUT2D eigenvalue weighted by atomic mass is 10.2. The van der Waals surface area contributed by atoms with Crippen LogP contribution >= 0.6 is 15.9 Å². The van der Waals surface area contributed by atoms with Crippen molar-refractivity contribution in [2.45, 2.75) is 6.54 Å². The number of phenols is 1. The van der Waals surface area contributed by atoms with Gasteiger partial charge in [0.05, 0.1) is 12.8 Å². The third-order valence-corrected chi connectivity index (χ3v) is 5.04. The molecule has 4 rings (SSSR count). The number of hydrogen-bond acceptors (Lipinski definition) is 6. The Hall–Kier alpha value is -3.66. The minimum atomic E-state index is -0.550. The molecule has 3 N–H and O–H groups in total. The van der Waals surface area contributed by atoms with Crippen molar-refractivity contribution in [1.29, 1.82) is 0 Å². The van der Waals surface area contributed by atoms with Gasteiger partial charge in [0, 0.05) is 17.1 Å². The van der Waals surface area contributed by atoms with Crippen molar-refractivity contribution in [2.75, 3.05) is 5.43 Å². The summed E-state index contributed by atoms with van der Waals surface area (Å²) >= 11 is 3.35. The van der Waals surface area contributed by atoms with Crippen LogP contribution in [-0.2, 0) is 13.6 Å². The number of fused-ring (bicyclic) bond motifs is 1. The average molecular weight is 469 g/mol. The van der Waals surface area contributed by atoms with Crippen LogP contribution in [0.25, 0.3) is 11.2 Å². The Morgan fingerprint density at radius 2 is 2.00 bits per heavy atom. The Bertz CT molecular complexity index is 1370. The normalized spacial score (nSPS) is 11.4. The molecule has 0 bridgehead atoms. The van der Waals surface area contributed by atoms with Gasteiger partial charge in [-0.2, -0.15) is 10.1 Å². The van der Waals surface area contributed by atoms with Crippen LogP contribution in [0.1, 0.15) is 11.1 Å². The Morgan fingerprint density at radius 3 is 2.77 bits per heavy atom. The molecule has 0 saturated carbocycles. The van der Waals surface area contributed by atoms with Crippen LogP contribution in [0.5, 0.6) is 5.75 Å². The first-order valence-corrected chi connectivity index (χ1v) is 9.74. The largest absolute Gasteiger partial charge is 0.507 e. The van der Waals surface area contributed by atoms with Crippen molar-refractivity contribution >= 4 is 39.3 Å². The van der Waals surface area contributed by atoms with Crippen LogP contribution in [0, 0.1) is 0 Å². The van der Waals surface area contributed by atoms with Gasteiger partial charge in [-0.3, -0.25) is 18.9 Å². The lowest BCUT2D eigenvalue weighted by Gasteiger charge is -2.08. The van der Waals surface area contributed by atoms with E-state index in [9.17, 15) is 14.7 Å². The SMILES string of the molecule is Cn1c(=O)[nH]c(=O)c2c1nc(NN=Cc1cc(Br)ccc1O)n2Cc1ccccc1. The summed E-state index contributed by atoms with van der Waals surface area (Å²) in [6.45, 7) is 0.346. The van der Waals surface area contributed by atoms with E-state index in [1.807, 2.05) is 30.3 Å². The van der Waals surface area contributed by atoms with E-state index in [0.29, 0.717) is 12.1 Å². The third kappa shape index (κ3) is 3.77. The number of aromatic amines is 1. The zero-order valence-electron chi connectivity index (χ0n) is 15.8. The lowest BCUT2D eigenvalue weighted by Crippen LogP contribution is -2.29. The van der Waals surface area contributed by atoms with Gasteiger partial charge in [0.25, 0.3) is 5.56 Å². The van der Waals surface area contributed by atoms with Gasteiger partial charge in [-0.1, -0.05) is 46.3 Å². The van der Waals surface area contributed by atoms with Crippen LogP contribution in [0.2, 0.25) is 0 Å². The zero-order chi connectivity index (χ0) is 21.3. The van der Waals surface area contributed by atoms with Gasteiger partial charge in [-0.25, -0.2) is 10.2 Å². The van der Waals surface area contributed by atoms with Crippen LogP contribution in [-0.4, -0.2) is 30.4 Å². The van der Waals surface area contributed by atoms with Gasteiger partial charge in [0.1, 0.15) is 5.75 Å². The van der Waals surface area contributed by atoms with Crippen LogP contribution < -0.4 is 16.7 Å². The van der Waals surface area contributed by atoms with Gasteiger partial charge in [-0.15, -0.1) is 0 Å². The van der Waals surface area contributed by atoms with Gasteiger partial charge >= 0.3 is 5.69 Å². The molecule has 0 radical (unpaired) electrons. The maximum absolute atomic E-state index is 12.5. The molecule has 0 spiro atoms. The number of phenolic OH excluding ortho intramolecular Hbond substituents is 1. The van der Waals surface area contributed by atoms with Crippen molar-refractivity contribution in [2.24, 2.45) is 12.1 Å². The molecule has 0 unspecified atom stereocenters. The number of rotatable bonds is 5. The minimum Gasteiger partial charge on any atom is -0.507 e. The second kappa shape index (κ2) is 7.99. The van der Waals surface area contributed by atoms with E-state index in [2.05, 4.69) is 36.4 Å². The predicted molar refractivity (Wildman–Crippen MR) is 118 cm³/mol. The summed E-state index contributed by atoms with van der Waals surface area (Å²) in [6, 6.07) is 14.5. The first-order valence-electron chi connectivity index (χ1n) is 8.95. The van der Waals surface area contributed by atoms with Gasteiger partial charge in [0.15, 0.2) is 11.2 Å². The van der Waals surface area contributed by atoms with E-state index < -0.39 is 11.2 Å². The summed E-state index contributed by atoms with van der Waals surface area (Å²) in [4.78, 5) is 31.2. The van der Waals surface area contributed by atoms with Crippen molar-refractivity contribution in [3.05, 3.63) is 85.0 Å². The van der Waals surface area contributed by atoms with Gasteiger partial charge < -0.3 is 5.11 Å². The molecule has 2 aromatic heterocycles. The summed E-state index contributed by atoms with van der Waals surface area (Å²) in [7, 11) is 1.53. The summed E-state index contributed by atoms with van der Waals surface area (Å²) < 4.78 is 3.72. The van der Waals surface area contributed by atoms with Gasteiger partial charge in [0.2, 0.25) is 5.95 Å². The second-order valence-electron chi connectivity index (χ2n) is 6.57. The maximum atomic E-state index is 12.5. The van der Waals surface area contributed by atoms with Crippen LogP contribution in [0.3, 0.4) is 0 Å². The van der Waals surface area contributed by atoms with Crippen molar-refractivity contribution < 1.29 is 5.11 Å². The third-order valence-electron chi connectivity index (χ3n) is 4.55. The number of hydrogen-bond donors (Lipinski definition) is 3. The summed E-state index contributed by atoms with van der Waals surface area (Å²) in [5.74, 6) is 0.353. The number of anilines is 1. The Kier molecular flexibility index (Phi) is 5.23. The smallest absolute Gasteiger partial charge is 0.329 e. The van der Waals surface area contributed by atoms with E-state index in [4.69, 9.17) is 0 Å². The number of hydrazone groups is 1. The molecule has 0 aliphatic carbocycles. The number of aromatic nitrogens is 4. The molecule has 0 atom stereocenters. The van der Waals surface area contributed by atoms with Crippen molar-refractivity contribution in [3.8, 4) is 5.75 Å². The van der Waals surface area contributed by atoms with Gasteiger partial charge in [-0.05, 0) is 23.8 Å². The van der Waals surface area contributed by atoms with E-state index in [1.165, 1.54) is 17.8 Å². The summed E-state index contributed by atoms with van der Waals surface area (Å²) in [5.41, 5.74) is 3.67. The molecule has 2 aromatic carbocycles. The highest BCUT2D eigenvalue weighted by atomic mass is 79.9. The molecule has 0 amide bonds. The lowest BCUT2D eigenvalue weighted by molar-refractivity contribution is 0.474. The van der Waals surface area contributed by atoms with E-state index in [0.717, 1.165) is 10.0 Å². The number of imidazole rings is 1. The number of aryl methyl sites for hydroxylation is 1. The highest BCUT2D eigenvalue weighted by Gasteiger charge is 2.17. The fraction of sp³-hybridized carbons (Fsp3) is 0.100. The number of aromatic hydroxyl groups is 1. The second-order valence-corrected chi connectivity index (χ2v) is 7.49. The van der Waals surface area contributed by atoms with Crippen molar-refractivity contribution in [3.63, 3.8) is 0 Å². The molecule has 0 aliphatic heterocycles. The molecule has 10 heteroatoms. The molecule has 0 saturated heterocycles. The fourth-order valence-electron chi connectivity index (χ4n) is 3.03. The Labute approximate surface area is 178 Å². The molecular weight excluding hydrogens is 452 g/mol. The zero-order valence-corrected chi connectivity index (χ0v) is 17.4.